The van der Waals surface area contributed by atoms with Crippen LogP contribution in [0.25, 0.3) is 0 Å². The van der Waals surface area contributed by atoms with E-state index in [4.69, 9.17) is 4.99 Å². The molecule has 2 fully saturated rings. The number of hydrogen-bond donors (Lipinski definition) is 3. The molecule has 5 heterocycles. The van der Waals surface area contributed by atoms with Crippen molar-refractivity contribution in [3.05, 3.63) is 83.1 Å². The summed E-state index contributed by atoms with van der Waals surface area (Å²) in [6.45, 7) is 2.73. The maximum atomic E-state index is 13.1. The largest absolute Gasteiger partial charge is 0.416 e. The molecule has 0 aliphatic carbocycles. The maximum Gasteiger partial charge on any atom is 0.416 e. The molecule has 4 aliphatic rings. The number of anilines is 1. The van der Waals surface area contributed by atoms with E-state index in [2.05, 4.69) is 26.0 Å². The van der Waals surface area contributed by atoms with Crippen LogP contribution in [0.2, 0.25) is 0 Å². The molecule has 1 aromatic heterocycles. The van der Waals surface area contributed by atoms with Crippen molar-refractivity contribution in [3.63, 3.8) is 0 Å². The van der Waals surface area contributed by atoms with Gasteiger partial charge in [0.1, 0.15) is 11.5 Å². The third-order valence-corrected chi connectivity index (χ3v) is 8.23. The van der Waals surface area contributed by atoms with Gasteiger partial charge in [-0.25, -0.2) is 9.78 Å². The molecule has 4 aliphatic heterocycles. The summed E-state index contributed by atoms with van der Waals surface area (Å²) in [5.74, 6) is -0.341. The molecule has 14 heteroatoms. The summed E-state index contributed by atoms with van der Waals surface area (Å²) in [6.07, 6.45) is 4.44. The van der Waals surface area contributed by atoms with Crippen LogP contribution in [0.5, 0.6) is 0 Å². The molecule has 3 N–H and O–H groups in total. The van der Waals surface area contributed by atoms with Crippen LogP contribution in [-0.2, 0) is 11.0 Å². The fourth-order valence-electron chi connectivity index (χ4n) is 6.11. The minimum atomic E-state index is -4.57. The number of urea groups is 1. The van der Waals surface area contributed by atoms with Crippen molar-refractivity contribution >= 4 is 35.7 Å². The first-order valence-electron chi connectivity index (χ1n) is 14.3. The van der Waals surface area contributed by atoms with Gasteiger partial charge in [-0.05, 0) is 62.6 Å². The Hall–Kier alpha value is -4.85. The van der Waals surface area contributed by atoms with Gasteiger partial charge in [0.15, 0.2) is 6.20 Å². The fraction of sp³-hybridized carbons (Fsp3) is 0.333. The molecular weight excluding hydrogens is 577 g/mol. The quantitative estimate of drug-likeness (QED) is 0.423. The first-order chi connectivity index (χ1) is 21.1. The molecule has 0 spiro atoms. The molecule has 44 heavy (non-hydrogen) atoms. The van der Waals surface area contributed by atoms with Crippen LogP contribution in [-0.4, -0.2) is 63.5 Å². The summed E-state index contributed by atoms with van der Waals surface area (Å²) < 4.78 is 39.0. The molecule has 3 atom stereocenters. The zero-order valence-corrected chi connectivity index (χ0v) is 23.8. The lowest BCUT2D eigenvalue weighted by molar-refractivity contribution is -0.777. The van der Waals surface area contributed by atoms with Gasteiger partial charge in [-0.1, -0.05) is 0 Å². The van der Waals surface area contributed by atoms with Crippen molar-refractivity contribution in [2.24, 2.45) is 15.9 Å². The standard InChI is InChI=1S/C30H29F3N8O3/c1-2-35-29(44)39-41-14-13-34-16-23(41)26(20-7-8-22-9-10-25(42)40(22)17-20)38-27(41)18-3-5-19(6-4-18)28(43)37-24-15-21(11-12-36-24)30(31,32)33/h3-6,11-16,20,22H,2,7-10,17H2,1H3,(H2-,35,36,37,39,43,44)/p+1/t20-,22+,41?/m1/s1. The highest BCUT2D eigenvalue weighted by Gasteiger charge is 2.51. The van der Waals surface area contributed by atoms with Crippen LogP contribution in [0.1, 0.15) is 54.1 Å². The van der Waals surface area contributed by atoms with Crippen LogP contribution in [0, 0.1) is 5.92 Å². The number of halogens is 3. The highest BCUT2D eigenvalue weighted by Crippen LogP contribution is 2.41. The smallest absolute Gasteiger partial charge is 0.339 e. The molecule has 2 aromatic rings. The molecule has 1 unspecified atom stereocenters. The lowest BCUT2D eigenvalue weighted by Gasteiger charge is -2.35. The summed E-state index contributed by atoms with van der Waals surface area (Å²) in [5, 5.41) is 5.17. The normalized spacial score (nSPS) is 24.1. The third kappa shape index (κ3) is 5.36. The van der Waals surface area contributed by atoms with Crippen molar-refractivity contribution in [2.75, 3.05) is 18.4 Å². The maximum absolute atomic E-state index is 13.1. The second-order valence-electron chi connectivity index (χ2n) is 10.9. The number of aromatic nitrogens is 1. The van der Waals surface area contributed by atoms with E-state index in [1.807, 2.05) is 4.90 Å². The predicted octanol–water partition coefficient (Wildman–Crippen LogP) is 4.33. The van der Waals surface area contributed by atoms with Gasteiger partial charge in [0, 0.05) is 43.2 Å². The Morgan fingerprint density at radius 2 is 1.91 bits per heavy atom. The first-order valence-corrected chi connectivity index (χ1v) is 14.3. The zero-order valence-electron chi connectivity index (χ0n) is 23.8. The average molecular weight is 608 g/mol. The molecule has 2 saturated heterocycles. The number of aliphatic imine (C=N–C) groups is 2. The van der Waals surface area contributed by atoms with Gasteiger partial charge in [-0.3, -0.25) is 14.6 Å². The van der Waals surface area contributed by atoms with E-state index < -0.39 is 23.7 Å². The van der Waals surface area contributed by atoms with Crippen LogP contribution in [0.3, 0.4) is 0 Å². The van der Waals surface area contributed by atoms with E-state index in [1.54, 1.807) is 37.7 Å². The Morgan fingerprint density at radius 1 is 1.11 bits per heavy atom. The Morgan fingerprint density at radius 3 is 2.66 bits per heavy atom. The third-order valence-electron chi connectivity index (χ3n) is 8.23. The number of quaternary nitrogens is 1. The van der Waals surface area contributed by atoms with Gasteiger partial charge >= 0.3 is 12.2 Å². The highest BCUT2D eigenvalue weighted by molar-refractivity contribution is 6.05. The Balaban J connectivity index is 1.31. The minimum absolute atomic E-state index is 0.0719. The SMILES string of the molecule is CCNC(=O)N[N+]12C=CN=CC1=C([C@@H]1CC[C@H]3CCC(=O)N3C1)N=C2c1ccc(C(=O)Nc2cc(C(F)(F)F)ccn2)cc1. The number of rotatable bonds is 6. The summed E-state index contributed by atoms with van der Waals surface area (Å²) >= 11 is 0. The van der Waals surface area contributed by atoms with Gasteiger partial charge < -0.3 is 15.5 Å². The Bertz CT molecular complexity index is 1630. The summed E-state index contributed by atoms with van der Waals surface area (Å²) in [7, 11) is 0. The molecule has 6 rings (SSSR count). The number of amides is 4. The summed E-state index contributed by atoms with van der Waals surface area (Å²) in [4.78, 5) is 53.5. The molecule has 0 radical (unpaired) electrons. The molecule has 228 valence electrons. The molecule has 11 nitrogen and oxygen atoms in total. The number of nitrogens with zero attached hydrogens (tertiary/aromatic N) is 5. The Labute approximate surface area is 250 Å². The van der Waals surface area contributed by atoms with E-state index in [1.165, 1.54) is 12.1 Å². The van der Waals surface area contributed by atoms with E-state index in [0.717, 1.165) is 43.3 Å². The first kappa shape index (κ1) is 29.2. The molecule has 0 bridgehead atoms. The number of pyridine rings is 1. The van der Waals surface area contributed by atoms with Crippen molar-refractivity contribution < 1.29 is 32.1 Å². The predicted molar refractivity (Wildman–Crippen MR) is 155 cm³/mol. The fourth-order valence-corrected chi connectivity index (χ4v) is 6.11. The molecular formula is C30H30F3N8O3+. The second kappa shape index (κ2) is 11.3. The van der Waals surface area contributed by atoms with E-state index in [-0.39, 0.29) is 33.8 Å². The highest BCUT2D eigenvalue weighted by atomic mass is 19.4. The number of allylic oxidation sites excluding steroid dienone is 1. The average Bonchev–Trinajstić information content (AvgIpc) is 3.54. The number of alkyl halides is 3. The Kier molecular flexibility index (Phi) is 7.53. The summed E-state index contributed by atoms with van der Waals surface area (Å²) in [6, 6.07) is 7.78. The number of amidine groups is 1. The van der Waals surface area contributed by atoms with Crippen LogP contribution >= 0.6 is 0 Å². The number of nitrogens with one attached hydrogen (secondary N) is 3. The van der Waals surface area contributed by atoms with Gasteiger partial charge in [-0.15, -0.1) is 4.59 Å². The van der Waals surface area contributed by atoms with Crippen LogP contribution < -0.4 is 16.1 Å². The van der Waals surface area contributed by atoms with E-state index >= 15 is 0 Å². The molecule has 4 amide bonds. The number of carbonyl (C=O) groups is 3. The van der Waals surface area contributed by atoms with Gasteiger partial charge in [0.05, 0.1) is 23.5 Å². The minimum Gasteiger partial charge on any atom is -0.339 e. The van der Waals surface area contributed by atoms with Crippen molar-refractivity contribution in [1.82, 2.24) is 20.6 Å². The van der Waals surface area contributed by atoms with Gasteiger partial charge in [0.2, 0.25) is 11.6 Å². The number of benzene rings is 1. The van der Waals surface area contributed by atoms with Crippen LogP contribution in [0.4, 0.5) is 23.8 Å². The van der Waals surface area contributed by atoms with Gasteiger partial charge in [-0.2, -0.15) is 23.6 Å². The number of hydrogen-bond acceptors (Lipinski definition) is 6. The lowest BCUT2D eigenvalue weighted by atomic mass is 9.90. The number of carbonyl (C=O) groups excluding carboxylic acids is 3. The van der Waals surface area contributed by atoms with Crippen LogP contribution in [0.15, 0.2) is 76.4 Å². The monoisotopic (exact) mass is 607 g/mol. The van der Waals surface area contributed by atoms with Crippen molar-refractivity contribution in [2.45, 2.75) is 44.8 Å². The zero-order chi connectivity index (χ0) is 31.1. The number of piperidine rings is 1. The molecule has 0 saturated carbocycles. The lowest BCUT2D eigenvalue weighted by Crippen LogP contribution is -2.61. The second-order valence-corrected chi connectivity index (χ2v) is 10.9. The van der Waals surface area contributed by atoms with Crippen molar-refractivity contribution in [3.8, 4) is 0 Å². The van der Waals surface area contributed by atoms with E-state index in [9.17, 15) is 27.6 Å². The summed E-state index contributed by atoms with van der Waals surface area (Å²) in [5.41, 5.74) is 4.24. The molecule has 1 aromatic carbocycles. The van der Waals surface area contributed by atoms with Crippen molar-refractivity contribution in [1.29, 1.82) is 0 Å². The van der Waals surface area contributed by atoms with Gasteiger partial charge in [0.25, 0.3) is 11.7 Å². The topological polar surface area (TPSA) is 128 Å². The number of fused-ring (bicyclic) bond motifs is 2. The van der Waals surface area contributed by atoms with E-state index in [0.29, 0.717) is 36.6 Å².